The largest absolute Gasteiger partial charge is 0.286 e. The fourth-order valence-corrected chi connectivity index (χ4v) is 4.34. The average Bonchev–Trinajstić information content (AvgIpc) is 2.47. The van der Waals surface area contributed by atoms with E-state index in [1.54, 1.807) is 0 Å². The number of sulfone groups is 1. The first-order valence-corrected chi connectivity index (χ1v) is 10.9. The van der Waals surface area contributed by atoms with Crippen molar-refractivity contribution < 1.29 is 16.8 Å². The van der Waals surface area contributed by atoms with Crippen molar-refractivity contribution in [2.75, 3.05) is 10.5 Å². The molecule has 1 aromatic heterocycles. The van der Waals surface area contributed by atoms with Crippen LogP contribution in [-0.4, -0.2) is 32.8 Å². The number of nitrogens with one attached hydrogen (secondary N) is 2. The molecule has 0 spiro atoms. The molecule has 0 radical (unpaired) electrons. The monoisotopic (exact) mass is 425 g/mol. The number of hydrogen-bond acceptors (Lipinski definition) is 6. The van der Waals surface area contributed by atoms with Crippen LogP contribution in [0.1, 0.15) is 12.5 Å². The predicted octanol–water partition coefficient (Wildman–Crippen LogP) is 1.81. The summed E-state index contributed by atoms with van der Waals surface area (Å²) < 4.78 is 49.7. The van der Waals surface area contributed by atoms with Crippen LogP contribution in [-0.2, 0) is 25.6 Å². The van der Waals surface area contributed by atoms with E-state index in [2.05, 4.69) is 10.2 Å². The first kappa shape index (κ1) is 19.7. The molecule has 0 unspecified atom stereocenters. The van der Waals surface area contributed by atoms with Crippen LogP contribution in [0.25, 0.3) is 0 Å². The van der Waals surface area contributed by atoms with Crippen molar-refractivity contribution in [3.63, 3.8) is 0 Å². The zero-order valence-electron chi connectivity index (χ0n) is 12.8. The smallest absolute Gasteiger partial charge is 0.238 e. The number of H-pyrrole nitrogens is 1. The highest BCUT2D eigenvalue weighted by atomic mass is 35.5. The van der Waals surface area contributed by atoms with Crippen LogP contribution in [0, 0.1) is 0 Å². The van der Waals surface area contributed by atoms with Gasteiger partial charge in [-0.15, -0.1) is 0 Å². The van der Waals surface area contributed by atoms with Crippen molar-refractivity contribution in [1.29, 1.82) is 0 Å². The van der Waals surface area contributed by atoms with Crippen LogP contribution < -0.4 is 10.2 Å². The Balaban J connectivity index is 2.27. The molecule has 0 bridgehead atoms. The number of aromatic nitrogens is 2. The second kappa shape index (κ2) is 7.32. The number of nitrogens with zero attached hydrogens (tertiary/aromatic N) is 1. The van der Waals surface area contributed by atoms with Crippen molar-refractivity contribution in [2.45, 2.75) is 17.7 Å². The summed E-state index contributed by atoms with van der Waals surface area (Å²) in [5.41, 5.74) is -0.565. The van der Waals surface area contributed by atoms with Gasteiger partial charge in [-0.1, -0.05) is 30.1 Å². The summed E-state index contributed by atoms with van der Waals surface area (Å²) in [6.45, 7) is 1.40. The van der Waals surface area contributed by atoms with E-state index >= 15 is 0 Å². The number of aromatic amines is 1. The summed E-state index contributed by atoms with van der Waals surface area (Å²) in [5.74, 6) is -1.27. The van der Waals surface area contributed by atoms with Crippen molar-refractivity contribution in [1.82, 2.24) is 10.2 Å². The van der Waals surface area contributed by atoms with Gasteiger partial charge in [0.2, 0.25) is 21.3 Å². The molecule has 0 amide bonds. The SMILES string of the molecule is CCS(=O)(=O)c1cc(=O)c(NS(=O)(=O)Cc2cc(Cl)cc(Cl)c2)n[nH]1. The molecule has 0 aliphatic rings. The van der Waals surface area contributed by atoms with Crippen molar-refractivity contribution >= 4 is 48.9 Å². The summed E-state index contributed by atoms with van der Waals surface area (Å²) in [7, 11) is -7.66. The minimum Gasteiger partial charge on any atom is -0.286 e. The van der Waals surface area contributed by atoms with Gasteiger partial charge in [-0.25, -0.2) is 16.8 Å². The second-order valence-electron chi connectivity index (χ2n) is 4.99. The summed E-state index contributed by atoms with van der Waals surface area (Å²) in [6.07, 6.45) is 0. The molecule has 1 aromatic carbocycles. The summed E-state index contributed by atoms with van der Waals surface area (Å²) in [4.78, 5) is 11.9. The maximum absolute atomic E-state index is 12.2. The lowest BCUT2D eigenvalue weighted by Crippen LogP contribution is -2.23. The van der Waals surface area contributed by atoms with E-state index < -0.39 is 36.9 Å². The van der Waals surface area contributed by atoms with E-state index in [1.807, 2.05) is 4.72 Å². The maximum atomic E-state index is 12.2. The third-order valence-electron chi connectivity index (χ3n) is 3.02. The Labute approximate surface area is 154 Å². The molecule has 136 valence electrons. The average molecular weight is 426 g/mol. The van der Waals surface area contributed by atoms with E-state index in [9.17, 15) is 21.6 Å². The van der Waals surface area contributed by atoms with Crippen LogP contribution in [0.15, 0.2) is 34.1 Å². The molecule has 2 rings (SSSR count). The molecule has 0 saturated carbocycles. The van der Waals surface area contributed by atoms with E-state index in [4.69, 9.17) is 23.2 Å². The zero-order valence-corrected chi connectivity index (χ0v) is 15.9. The van der Waals surface area contributed by atoms with Gasteiger partial charge in [-0.3, -0.25) is 14.6 Å². The molecule has 0 aliphatic carbocycles. The number of anilines is 1. The lowest BCUT2D eigenvalue weighted by atomic mass is 10.2. The normalized spacial score (nSPS) is 12.1. The number of rotatable bonds is 6. The van der Waals surface area contributed by atoms with Gasteiger partial charge in [0.1, 0.15) is 0 Å². The minimum atomic E-state index is -4.00. The van der Waals surface area contributed by atoms with Gasteiger partial charge in [-0.2, -0.15) is 5.10 Å². The quantitative estimate of drug-likeness (QED) is 0.726. The van der Waals surface area contributed by atoms with E-state index in [0.29, 0.717) is 5.56 Å². The Morgan fingerprint density at radius 1 is 1.08 bits per heavy atom. The first-order chi connectivity index (χ1) is 11.5. The molecule has 0 saturated heterocycles. The second-order valence-corrected chi connectivity index (χ2v) is 9.83. The van der Waals surface area contributed by atoms with Crippen molar-refractivity contribution in [2.24, 2.45) is 0 Å². The van der Waals surface area contributed by atoms with Crippen LogP contribution in [0.5, 0.6) is 0 Å². The molecule has 8 nitrogen and oxygen atoms in total. The molecular formula is C13H13Cl2N3O5S2. The zero-order chi connectivity index (χ0) is 18.8. The number of halogens is 2. The molecule has 0 atom stereocenters. The summed E-state index contributed by atoms with van der Waals surface area (Å²) in [6, 6.07) is 5.06. The highest BCUT2D eigenvalue weighted by Gasteiger charge is 2.19. The standard InChI is InChI=1S/C13H13Cl2N3O5S2/c1-2-24(20,21)12-6-11(19)13(17-16-12)18-25(22,23)7-8-3-9(14)5-10(15)4-8/h3-6H,2,7H2,1H3,(H,16,19)(H,17,18). The van der Waals surface area contributed by atoms with Crippen LogP contribution in [0.2, 0.25) is 10.0 Å². The molecular weight excluding hydrogens is 413 g/mol. The number of sulfonamides is 1. The minimum absolute atomic E-state index is 0.231. The molecule has 1 heterocycles. The molecule has 0 aliphatic heterocycles. The lowest BCUT2D eigenvalue weighted by Gasteiger charge is -2.08. The highest BCUT2D eigenvalue weighted by Crippen LogP contribution is 2.20. The van der Waals surface area contributed by atoms with Gasteiger partial charge in [0.25, 0.3) is 0 Å². The maximum Gasteiger partial charge on any atom is 0.238 e. The Morgan fingerprint density at radius 2 is 1.68 bits per heavy atom. The fraction of sp³-hybridized carbons (Fsp3) is 0.231. The highest BCUT2D eigenvalue weighted by molar-refractivity contribution is 7.92. The fourth-order valence-electron chi connectivity index (χ4n) is 1.87. The Hall–Kier alpha value is -1.62. The Morgan fingerprint density at radius 3 is 2.20 bits per heavy atom. The van der Waals surface area contributed by atoms with Crippen LogP contribution in [0.4, 0.5) is 5.82 Å². The van der Waals surface area contributed by atoms with E-state index in [1.165, 1.54) is 25.1 Å². The summed E-state index contributed by atoms with van der Waals surface area (Å²) in [5, 5.41) is 5.81. The van der Waals surface area contributed by atoms with Gasteiger partial charge < -0.3 is 0 Å². The van der Waals surface area contributed by atoms with Gasteiger partial charge >= 0.3 is 0 Å². The number of hydrogen-bond donors (Lipinski definition) is 2. The van der Waals surface area contributed by atoms with Gasteiger partial charge in [0.15, 0.2) is 14.9 Å². The molecule has 2 N–H and O–H groups in total. The van der Waals surface area contributed by atoms with Gasteiger partial charge in [0, 0.05) is 16.1 Å². The lowest BCUT2D eigenvalue weighted by molar-refractivity contribution is 0.591. The predicted molar refractivity (Wildman–Crippen MR) is 95.3 cm³/mol. The third-order valence-corrected chi connectivity index (χ3v) is 6.31. The molecule has 2 aromatic rings. The van der Waals surface area contributed by atoms with Gasteiger partial charge in [-0.05, 0) is 23.8 Å². The number of benzene rings is 1. The van der Waals surface area contributed by atoms with Crippen LogP contribution in [0.3, 0.4) is 0 Å². The Bertz CT molecular complexity index is 1050. The molecule has 0 fully saturated rings. The molecule has 25 heavy (non-hydrogen) atoms. The summed E-state index contributed by atoms with van der Waals surface area (Å²) >= 11 is 11.6. The first-order valence-electron chi connectivity index (χ1n) is 6.80. The Kier molecular flexibility index (Phi) is 5.77. The van der Waals surface area contributed by atoms with E-state index in [0.717, 1.165) is 6.07 Å². The third kappa shape index (κ3) is 5.18. The van der Waals surface area contributed by atoms with E-state index in [-0.39, 0.29) is 20.8 Å². The van der Waals surface area contributed by atoms with Gasteiger partial charge in [0.05, 0.1) is 11.5 Å². The topological polar surface area (TPSA) is 126 Å². The van der Waals surface area contributed by atoms with Crippen LogP contribution >= 0.6 is 23.2 Å². The van der Waals surface area contributed by atoms with Crippen molar-refractivity contribution in [3.8, 4) is 0 Å². The van der Waals surface area contributed by atoms with Crippen molar-refractivity contribution in [3.05, 3.63) is 50.1 Å². The molecule has 12 heteroatoms.